The third kappa shape index (κ3) is 5.44. The second-order valence-corrected chi connectivity index (χ2v) is 7.53. The van der Waals surface area contributed by atoms with Crippen molar-refractivity contribution in [3.8, 4) is 11.5 Å². The van der Waals surface area contributed by atoms with Gasteiger partial charge in [-0.15, -0.1) is 0 Å². The van der Waals surface area contributed by atoms with Crippen molar-refractivity contribution in [2.45, 2.75) is 6.61 Å². The monoisotopic (exact) mass is 515 g/mol. The molecular weight excluding hydrogens is 497 g/mol. The Morgan fingerprint density at radius 3 is 2.53 bits per heavy atom. The number of benzene rings is 3. The molecule has 3 aromatic rings. The molecule has 0 spiro atoms. The van der Waals surface area contributed by atoms with Crippen molar-refractivity contribution in [2.24, 2.45) is 0 Å². The molecule has 0 aliphatic heterocycles. The maximum atomic E-state index is 12.4. The summed E-state index contributed by atoms with van der Waals surface area (Å²) in [6, 6.07) is 19.0. The molecule has 0 aliphatic rings. The molecule has 152 valence electrons. The molecule has 0 heterocycles. The number of carbonyl (C=O) groups is 1. The zero-order chi connectivity index (χ0) is 21.5. The first-order chi connectivity index (χ1) is 14.5. The van der Waals surface area contributed by atoms with Crippen molar-refractivity contribution < 1.29 is 19.2 Å². The minimum Gasteiger partial charge on any atom is -0.496 e. The van der Waals surface area contributed by atoms with Gasteiger partial charge in [-0.2, -0.15) is 0 Å². The molecule has 3 rings (SSSR count). The largest absolute Gasteiger partial charge is 0.496 e. The zero-order valence-corrected chi connectivity index (χ0v) is 18.2. The lowest BCUT2D eigenvalue weighted by atomic mass is 10.1. The highest BCUT2D eigenvalue weighted by Crippen LogP contribution is 2.24. The summed E-state index contributed by atoms with van der Waals surface area (Å²) in [5.41, 5.74) is 1.41. The van der Waals surface area contributed by atoms with E-state index in [2.05, 4.69) is 22.6 Å². The van der Waals surface area contributed by atoms with Crippen molar-refractivity contribution >= 4 is 40.1 Å². The summed E-state index contributed by atoms with van der Waals surface area (Å²) in [6.45, 7) is 0.295. The topological polar surface area (TPSA) is 78.7 Å². The van der Waals surface area contributed by atoms with Gasteiger partial charge in [-0.05, 0) is 76.7 Å². The molecule has 7 heteroatoms. The third-order valence-electron chi connectivity index (χ3n) is 4.31. The number of rotatable bonds is 8. The highest BCUT2D eigenvalue weighted by molar-refractivity contribution is 14.1. The maximum Gasteiger partial charge on any atom is 0.280 e. The van der Waals surface area contributed by atoms with Crippen LogP contribution in [-0.2, 0) is 6.61 Å². The van der Waals surface area contributed by atoms with Crippen LogP contribution in [0.4, 0.5) is 5.69 Å². The average molecular weight is 515 g/mol. The fourth-order valence-electron chi connectivity index (χ4n) is 2.81. The van der Waals surface area contributed by atoms with Crippen LogP contribution in [0, 0.1) is 13.7 Å². The SMILES string of the molecule is COc1ccc(/C=C/C(=O)c2ccccc2[N+](=O)[O-])cc1COc1ccc(I)cc1. The van der Waals surface area contributed by atoms with E-state index in [-0.39, 0.29) is 11.3 Å². The molecule has 3 aromatic carbocycles. The highest BCUT2D eigenvalue weighted by Gasteiger charge is 2.17. The van der Waals surface area contributed by atoms with Gasteiger partial charge in [-0.1, -0.05) is 24.3 Å². The van der Waals surface area contributed by atoms with E-state index in [0.29, 0.717) is 12.4 Å². The van der Waals surface area contributed by atoms with Crippen LogP contribution in [0.15, 0.2) is 72.8 Å². The van der Waals surface area contributed by atoms with Crippen LogP contribution in [-0.4, -0.2) is 17.8 Å². The summed E-state index contributed by atoms with van der Waals surface area (Å²) >= 11 is 2.23. The van der Waals surface area contributed by atoms with Crippen molar-refractivity contribution in [3.63, 3.8) is 0 Å². The quantitative estimate of drug-likeness (QED) is 0.127. The second-order valence-electron chi connectivity index (χ2n) is 6.29. The zero-order valence-electron chi connectivity index (χ0n) is 16.1. The van der Waals surface area contributed by atoms with Gasteiger partial charge < -0.3 is 9.47 Å². The molecule has 0 fully saturated rings. The maximum absolute atomic E-state index is 12.4. The third-order valence-corrected chi connectivity index (χ3v) is 5.02. The van der Waals surface area contributed by atoms with Crippen molar-refractivity contribution in [3.05, 3.63) is 103 Å². The van der Waals surface area contributed by atoms with Gasteiger partial charge in [0.1, 0.15) is 18.1 Å². The van der Waals surface area contributed by atoms with E-state index in [1.807, 2.05) is 30.3 Å². The summed E-state index contributed by atoms with van der Waals surface area (Å²) in [5.74, 6) is 0.975. The van der Waals surface area contributed by atoms with E-state index in [9.17, 15) is 14.9 Å². The van der Waals surface area contributed by atoms with E-state index < -0.39 is 10.7 Å². The van der Waals surface area contributed by atoms with Gasteiger partial charge in [0.15, 0.2) is 5.78 Å². The minimum atomic E-state index is -0.561. The van der Waals surface area contributed by atoms with Crippen LogP contribution in [0.5, 0.6) is 11.5 Å². The number of nitrogens with zero attached hydrogens (tertiary/aromatic N) is 1. The fourth-order valence-corrected chi connectivity index (χ4v) is 3.17. The van der Waals surface area contributed by atoms with Crippen LogP contribution in [0.2, 0.25) is 0 Å². The van der Waals surface area contributed by atoms with Gasteiger partial charge in [0.05, 0.1) is 17.6 Å². The first-order valence-corrected chi connectivity index (χ1v) is 10.1. The van der Waals surface area contributed by atoms with Crippen molar-refractivity contribution in [2.75, 3.05) is 7.11 Å². The Labute approximate surface area is 187 Å². The molecule has 0 N–H and O–H groups in total. The Morgan fingerprint density at radius 2 is 1.83 bits per heavy atom. The van der Waals surface area contributed by atoms with Gasteiger partial charge in [-0.25, -0.2) is 0 Å². The van der Waals surface area contributed by atoms with Crippen LogP contribution < -0.4 is 9.47 Å². The summed E-state index contributed by atoms with van der Waals surface area (Å²) in [4.78, 5) is 23.0. The van der Waals surface area contributed by atoms with Crippen LogP contribution >= 0.6 is 22.6 Å². The number of nitro groups is 1. The molecule has 30 heavy (non-hydrogen) atoms. The lowest BCUT2D eigenvalue weighted by Gasteiger charge is -2.11. The predicted molar refractivity (Wildman–Crippen MR) is 123 cm³/mol. The summed E-state index contributed by atoms with van der Waals surface area (Å²) in [7, 11) is 1.58. The predicted octanol–water partition coefficient (Wildman–Crippen LogP) is 5.68. The average Bonchev–Trinajstić information content (AvgIpc) is 2.77. The van der Waals surface area contributed by atoms with Gasteiger partial charge in [0, 0.05) is 15.2 Å². The van der Waals surface area contributed by atoms with E-state index in [4.69, 9.17) is 9.47 Å². The molecule has 0 aromatic heterocycles. The fraction of sp³-hybridized carbons (Fsp3) is 0.0870. The Morgan fingerprint density at radius 1 is 1.10 bits per heavy atom. The number of ketones is 1. The van der Waals surface area contributed by atoms with Crippen molar-refractivity contribution in [1.29, 1.82) is 0 Å². The normalized spacial score (nSPS) is 10.7. The Kier molecular flexibility index (Phi) is 7.18. The molecule has 0 unspecified atom stereocenters. The van der Waals surface area contributed by atoms with E-state index in [0.717, 1.165) is 20.4 Å². The first kappa shape index (κ1) is 21.5. The number of para-hydroxylation sites is 1. The lowest BCUT2D eigenvalue weighted by Crippen LogP contribution is -2.01. The number of allylic oxidation sites excluding steroid dienone is 1. The summed E-state index contributed by atoms with van der Waals surface area (Å²) in [5, 5.41) is 11.1. The number of hydrogen-bond donors (Lipinski definition) is 0. The number of nitro benzene ring substituents is 1. The van der Waals surface area contributed by atoms with E-state index in [1.165, 1.54) is 24.3 Å². The Balaban J connectivity index is 1.78. The van der Waals surface area contributed by atoms with Gasteiger partial charge in [-0.3, -0.25) is 14.9 Å². The molecule has 0 bridgehead atoms. The highest BCUT2D eigenvalue weighted by atomic mass is 127. The number of carbonyl (C=O) groups excluding carboxylic acids is 1. The molecule has 0 saturated heterocycles. The molecule has 6 nitrogen and oxygen atoms in total. The van der Waals surface area contributed by atoms with Crippen molar-refractivity contribution in [1.82, 2.24) is 0 Å². The summed E-state index contributed by atoms with van der Waals surface area (Å²) in [6.07, 6.45) is 2.95. The van der Waals surface area contributed by atoms with E-state index >= 15 is 0 Å². The summed E-state index contributed by atoms with van der Waals surface area (Å²) < 4.78 is 12.3. The number of ether oxygens (including phenoxy) is 2. The van der Waals surface area contributed by atoms with Crippen LogP contribution in [0.1, 0.15) is 21.5 Å². The molecular formula is C23H18INO5. The Hall–Kier alpha value is -3.20. The van der Waals surface area contributed by atoms with Crippen LogP contribution in [0.3, 0.4) is 0 Å². The molecule has 0 saturated carbocycles. The van der Waals surface area contributed by atoms with Crippen LogP contribution in [0.25, 0.3) is 6.08 Å². The molecule has 0 radical (unpaired) electrons. The van der Waals surface area contributed by atoms with Gasteiger partial charge in [0.25, 0.3) is 5.69 Å². The van der Waals surface area contributed by atoms with E-state index in [1.54, 1.807) is 31.4 Å². The lowest BCUT2D eigenvalue weighted by molar-refractivity contribution is -0.385. The first-order valence-electron chi connectivity index (χ1n) is 8.99. The number of halogens is 1. The molecule has 0 amide bonds. The standard InChI is InChI=1S/C23H18INO5/c1-29-23-13-7-16(14-17(23)15-30-19-10-8-18(24)9-11-19)6-12-22(26)20-4-2-3-5-21(20)25(27)28/h2-14H,15H2,1H3/b12-6+. The smallest absolute Gasteiger partial charge is 0.280 e. The second kappa shape index (κ2) is 10.0. The molecule has 0 aliphatic carbocycles. The number of methoxy groups -OCH3 is 1. The number of hydrogen-bond acceptors (Lipinski definition) is 5. The van der Waals surface area contributed by atoms with Gasteiger partial charge in [0.2, 0.25) is 0 Å². The Bertz CT molecular complexity index is 1090. The minimum absolute atomic E-state index is 0.0505. The van der Waals surface area contributed by atoms with Gasteiger partial charge >= 0.3 is 0 Å². The molecule has 0 atom stereocenters.